The molecule has 2 atom stereocenters. The van der Waals surface area contributed by atoms with Crippen LogP contribution in [0, 0.1) is 5.92 Å². The zero-order valence-electron chi connectivity index (χ0n) is 13.8. The molecule has 4 nitrogen and oxygen atoms in total. The molecular weight excluding hydrogens is 294 g/mol. The molecule has 124 valence electrons. The monoisotopic (exact) mass is 323 g/mol. The molecule has 2 N–H and O–H groups in total. The molecule has 2 heterocycles. The second kappa shape index (κ2) is 9.28. The van der Waals surface area contributed by atoms with Gasteiger partial charge in [0.05, 0.1) is 6.04 Å². The Hall–Kier alpha value is -0.910. The molecule has 22 heavy (non-hydrogen) atoms. The van der Waals surface area contributed by atoms with Gasteiger partial charge in [0, 0.05) is 13.0 Å². The first-order valence-electron chi connectivity index (χ1n) is 8.48. The normalized spacial score (nSPS) is 19.5. The van der Waals surface area contributed by atoms with E-state index >= 15 is 0 Å². The minimum absolute atomic E-state index is 0.194. The summed E-state index contributed by atoms with van der Waals surface area (Å²) < 4.78 is 0. The summed E-state index contributed by atoms with van der Waals surface area (Å²) in [6.07, 6.45) is 2.87. The van der Waals surface area contributed by atoms with Crippen molar-refractivity contribution in [1.82, 2.24) is 15.5 Å². The molecule has 0 spiro atoms. The molecule has 0 radical (unpaired) electrons. The lowest BCUT2D eigenvalue weighted by Gasteiger charge is -2.29. The molecule has 1 aliphatic rings. The number of hydrogen-bond acceptors (Lipinski definition) is 4. The largest absolute Gasteiger partial charge is 0.354 e. The van der Waals surface area contributed by atoms with Gasteiger partial charge in [-0.25, -0.2) is 0 Å². The Bertz CT molecular complexity index is 425. The van der Waals surface area contributed by atoms with E-state index in [1.807, 2.05) is 0 Å². The van der Waals surface area contributed by atoms with E-state index in [2.05, 4.69) is 46.2 Å². The Kier molecular flexibility index (Phi) is 7.36. The number of likely N-dealkylation sites (N-methyl/N-ethyl adjacent to an activating group) is 1. The van der Waals surface area contributed by atoms with Gasteiger partial charge >= 0.3 is 0 Å². The molecule has 1 aromatic heterocycles. The number of carbonyl (C=O) groups is 1. The number of thiophene rings is 1. The van der Waals surface area contributed by atoms with E-state index in [4.69, 9.17) is 0 Å². The SMILES string of the molecule is CCN(CC)C(CNC(=O)CCC1CCNC1)c1ccsc1. The summed E-state index contributed by atoms with van der Waals surface area (Å²) in [6.45, 7) is 9.25. The molecule has 1 saturated heterocycles. The van der Waals surface area contributed by atoms with Crippen LogP contribution in [0.4, 0.5) is 0 Å². The van der Waals surface area contributed by atoms with Gasteiger partial charge in [0.1, 0.15) is 0 Å². The lowest BCUT2D eigenvalue weighted by atomic mass is 10.0. The Balaban J connectivity index is 1.81. The number of nitrogens with zero attached hydrogens (tertiary/aromatic N) is 1. The second-order valence-corrected chi connectivity index (χ2v) is 6.78. The van der Waals surface area contributed by atoms with Crippen LogP contribution in [0.3, 0.4) is 0 Å². The summed E-state index contributed by atoms with van der Waals surface area (Å²) in [5.41, 5.74) is 1.31. The van der Waals surface area contributed by atoms with Gasteiger partial charge in [0.15, 0.2) is 0 Å². The number of nitrogens with one attached hydrogen (secondary N) is 2. The maximum atomic E-state index is 12.1. The summed E-state index contributed by atoms with van der Waals surface area (Å²) in [5, 5.41) is 10.8. The number of carbonyl (C=O) groups excluding carboxylic acids is 1. The molecule has 0 bridgehead atoms. The third kappa shape index (κ3) is 5.07. The second-order valence-electron chi connectivity index (χ2n) is 6.00. The van der Waals surface area contributed by atoms with Crippen LogP contribution in [-0.4, -0.2) is 43.5 Å². The van der Waals surface area contributed by atoms with Crippen LogP contribution in [0.15, 0.2) is 16.8 Å². The van der Waals surface area contributed by atoms with E-state index in [0.717, 1.165) is 32.6 Å². The van der Waals surface area contributed by atoms with Crippen molar-refractivity contribution < 1.29 is 4.79 Å². The highest BCUT2D eigenvalue weighted by Gasteiger charge is 2.20. The van der Waals surface area contributed by atoms with Gasteiger partial charge in [-0.3, -0.25) is 9.69 Å². The maximum Gasteiger partial charge on any atom is 0.220 e. The minimum atomic E-state index is 0.194. The molecule has 0 saturated carbocycles. The van der Waals surface area contributed by atoms with Crippen LogP contribution in [0.5, 0.6) is 0 Å². The van der Waals surface area contributed by atoms with Crippen LogP contribution in [0.1, 0.15) is 44.7 Å². The van der Waals surface area contributed by atoms with E-state index in [-0.39, 0.29) is 5.91 Å². The van der Waals surface area contributed by atoms with E-state index in [1.54, 1.807) is 11.3 Å². The van der Waals surface area contributed by atoms with Gasteiger partial charge < -0.3 is 10.6 Å². The van der Waals surface area contributed by atoms with Crippen LogP contribution in [-0.2, 0) is 4.79 Å². The smallest absolute Gasteiger partial charge is 0.220 e. The van der Waals surface area contributed by atoms with Gasteiger partial charge in [-0.1, -0.05) is 13.8 Å². The highest BCUT2D eigenvalue weighted by molar-refractivity contribution is 7.07. The van der Waals surface area contributed by atoms with Crippen molar-refractivity contribution in [2.75, 3.05) is 32.7 Å². The fourth-order valence-electron chi connectivity index (χ4n) is 3.18. The number of rotatable bonds is 9. The standard InChI is InChI=1S/C17H29N3OS/c1-3-20(4-2)16(15-8-10-22-13-15)12-19-17(21)6-5-14-7-9-18-11-14/h8,10,13-14,16,18H,3-7,9,11-12H2,1-2H3,(H,19,21). The molecule has 1 amide bonds. The lowest BCUT2D eigenvalue weighted by Crippen LogP contribution is -2.38. The van der Waals surface area contributed by atoms with E-state index < -0.39 is 0 Å². The quantitative estimate of drug-likeness (QED) is 0.734. The third-order valence-corrected chi connectivity index (χ3v) is 5.32. The van der Waals surface area contributed by atoms with Crippen molar-refractivity contribution in [1.29, 1.82) is 0 Å². The molecule has 1 fully saturated rings. The molecule has 1 aromatic rings. The van der Waals surface area contributed by atoms with Crippen molar-refractivity contribution in [3.63, 3.8) is 0 Å². The van der Waals surface area contributed by atoms with Crippen LogP contribution >= 0.6 is 11.3 Å². The zero-order chi connectivity index (χ0) is 15.8. The molecule has 2 unspecified atom stereocenters. The van der Waals surface area contributed by atoms with Gasteiger partial charge in [0.25, 0.3) is 0 Å². The predicted octanol–water partition coefficient (Wildman–Crippen LogP) is 2.64. The predicted molar refractivity (Wildman–Crippen MR) is 93.2 cm³/mol. The van der Waals surface area contributed by atoms with E-state index in [1.165, 1.54) is 12.0 Å². The van der Waals surface area contributed by atoms with Crippen LogP contribution in [0.25, 0.3) is 0 Å². The fourth-order valence-corrected chi connectivity index (χ4v) is 3.89. The van der Waals surface area contributed by atoms with Crippen molar-refractivity contribution in [3.05, 3.63) is 22.4 Å². The summed E-state index contributed by atoms with van der Waals surface area (Å²) in [4.78, 5) is 14.5. The van der Waals surface area contributed by atoms with Crippen molar-refractivity contribution >= 4 is 17.2 Å². The van der Waals surface area contributed by atoms with Crippen LogP contribution < -0.4 is 10.6 Å². The van der Waals surface area contributed by atoms with Gasteiger partial charge in [-0.05, 0) is 67.3 Å². The van der Waals surface area contributed by atoms with Crippen molar-refractivity contribution in [2.24, 2.45) is 5.92 Å². The number of amides is 1. The first-order chi connectivity index (χ1) is 10.7. The molecule has 2 rings (SSSR count). The minimum Gasteiger partial charge on any atom is -0.354 e. The first kappa shape index (κ1) is 17.4. The first-order valence-corrected chi connectivity index (χ1v) is 9.42. The molecule has 1 aliphatic heterocycles. The molecular formula is C17H29N3OS. The molecule has 0 aliphatic carbocycles. The Labute approximate surface area is 138 Å². The van der Waals surface area contributed by atoms with E-state index in [0.29, 0.717) is 24.9 Å². The average molecular weight is 324 g/mol. The summed E-state index contributed by atoms with van der Waals surface area (Å²) in [7, 11) is 0. The molecule has 5 heteroatoms. The van der Waals surface area contributed by atoms with Gasteiger partial charge in [0.2, 0.25) is 5.91 Å². The summed E-state index contributed by atoms with van der Waals surface area (Å²) >= 11 is 1.72. The summed E-state index contributed by atoms with van der Waals surface area (Å²) in [5.74, 6) is 0.875. The van der Waals surface area contributed by atoms with Gasteiger partial charge in [-0.2, -0.15) is 11.3 Å². The highest BCUT2D eigenvalue weighted by Crippen LogP contribution is 2.22. The average Bonchev–Trinajstić information content (AvgIpc) is 3.22. The lowest BCUT2D eigenvalue weighted by molar-refractivity contribution is -0.121. The topological polar surface area (TPSA) is 44.4 Å². The Morgan fingerprint density at radius 2 is 2.32 bits per heavy atom. The van der Waals surface area contributed by atoms with E-state index in [9.17, 15) is 4.79 Å². The highest BCUT2D eigenvalue weighted by atomic mass is 32.1. The van der Waals surface area contributed by atoms with Crippen molar-refractivity contribution in [3.8, 4) is 0 Å². The summed E-state index contributed by atoms with van der Waals surface area (Å²) in [6, 6.07) is 2.46. The Morgan fingerprint density at radius 1 is 1.50 bits per heavy atom. The number of hydrogen-bond donors (Lipinski definition) is 2. The Morgan fingerprint density at radius 3 is 2.91 bits per heavy atom. The van der Waals surface area contributed by atoms with Crippen molar-refractivity contribution in [2.45, 2.75) is 39.2 Å². The van der Waals surface area contributed by atoms with Crippen LogP contribution in [0.2, 0.25) is 0 Å². The third-order valence-electron chi connectivity index (χ3n) is 4.62. The fraction of sp³-hybridized carbons (Fsp3) is 0.706. The maximum absolute atomic E-state index is 12.1. The molecule has 0 aromatic carbocycles. The zero-order valence-corrected chi connectivity index (χ0v) is 14.6. The van der Waals surface area contributed by atoms with Gasteiger partial charge in [-0.15, -0.1) is 0 Å².